The summed E-state index contributed by atoms with van der Waals surface area (Å²) in [6.07, 6.45) is 0. The van der Waals surface area contributed by atoms with E-state index in [1.807, 2.05) is 0 Å². The van der Waals surface area contributed by atoms with Crippen molar-refractivity contribution in [1.29, 1.82) is 0 Å². The minimum atomic E-state index is -0.520. The Labute approximate surface area is 137 Å². The summed E-state index contributed by atoms with van der Waals surface area (Å²) in [5.41, 5.74) is -0.0844. The third-order valence-electron chi connectivity index (χ3n) is 3.01. The molecular formula is C19H14S. The summed E-state index contributed by atoms with van der Waals surface area (Å²) in [4.78, 5) is 0. The Kier molecular flexibility index (Phi) is 1.12. The van der Waals surface area contributed by atoms with Crippen molar-refractivity contribution in [2.24, 2.45) is 0 Å². The minimum Gasteiger partial charge on any atom is -0.135 e. The van der Waals surface area contributed by atoms with Gasteiger partial charge in [-0.25, -0.2) is 0 Å². The Hall–Kier alpha value is -2.12. The van der Waals surface area contributed by atoms with E-state index in [-0.39, 0.29) is 67.1 Å². The van der Waals surface area contributed by atoms with E-state index in [9.17, 15) is 0 Å². The molecule has 0 radical (unpaired) electrons. The first-order valence-electron chi connectivity index (χ1n) is 11.4. The molecule has 3 aromatic carbocycles. The van der Waals surface area contributed by atoms with Gasteiger partial charge in [0.1, 0.15) is 0 Å². The summed E-state index contributed by atoms with van der Waals surface area (Å²) < 4.78 is 90.6. The third-order valence-corrected chi connectivity index (χ3v) is 4.03. The van der Waals surface area contributed by atoms with E-state index in [4.69, 9.17) is 15.1 Å². The van der Waals surface area contributed by atoms with Gasteiger partial charge in [0.25, 0.3) is 0 Å². The van der Waals surface area contributed by atoms with Gasteiger partial charge in [0.05, 0.1) is 15.1 Å². The number of fused-ring (bicyclic) bond motifs is 3. The van der Waals surface area contributed by atoms with Gasteiger partial charge in [-0.15, -0.1) is 11.3 Å². The Morgan fingerprint density at radius 1 is 0.800 bits per heavy atom. The van der Waals surface area contributed by atoms with Crippen molar-refractivity contribution >= 4 is 31.5 Å². The molecule has 1 heteroatoms. The molecule has 20 heavy (non-hydrogen) atoms. The molecule has 1 heterocycles. The first-order chi connectivity index (χ1) is 14.4. The van der Waals surface area contributed by atoms with Gasteiger partial charge in [-0.05, 0) is 41.7 Å². The van der Waals surface area contributed by atoms with Crippen molar-refractivity contribution in [3.05, 3.63) is 72.0 Å². The van der Waals surface area contributed by atoms with E-state index >= 15 is 0 Å². The monoisotopic (exact) mass is 285 g/mol. The largest absolute Gasteiger partial charge is 0.135 e. The maximum Gasteiger partial charge on any atom is 0.0638 e. The molecule has 4 aromatic rings. The average molecular weight is 285 g/mol. The molecule has 0 saturated heterocycles. The van der Waals surface area contributed by atoms with Crippen molar-refractivity contribution in [2.45, 2.75) is 6.92 Å². The molecule has 0 spiro atoms. The second-order valence-electron chi connectivity index (χ2n) is 4.26. The number of rotatable bonds is 1. The fraction of sp³-hybridized carbons (Fsp3) is 0.0526. The van der Waals surface area contributed by atoms with Gasteiger partial charge in [0.2, 0.25) is 0 Å². The molecule has 0 unspecified atom stereocenters. The number of benzene rings is 3. The van der Waals surface area contributed by atoms with E-state index in [1.54, 1.807) is 0 Å². The molecule has 0 saturated carbocycles. The zero-order valence-corrected chi connectivity index (χ0v) is 11.2. The van der Waals surface area contributed by atoms with E-state index in [0.29, 0.717) is 0 Å². The summed E-state index contributed by atoms with van der Waals surface area (Å²) in [5, 5.41) is 0.152. The number of hydrogen-bond donors (Lipinski definition) is 0. The van der Waals surface area contributed by atoms with Crippen molar-refractivity contribution < 1.29 is 15.1 Å². The Bertz CT molecular complexity index is 1420. The van der Waals surface area contributed by atoms with Crippen LogP contribution in [0.25, 0.3) is 31.3 Å². The average Bonchev–Trinajstić information content (AvgIpc) is 3.15. The molecule has 96 valence electrons. The van der Waals surface area contributed by atoms with Crippen LogP contribution in [-0.4, -0.2) is 0 Å². The molecule has 1 aromatic heterocycles. The molecule has 0 aliphatic heterocycles. The predicted molar refractivity (Wildman–Crippen MR) is 89.5 cm³/mol. The van der Waals surface area contributed by atoms with Crippen molar-refractivity contribution in [2.75, 3.05) is 0 Å². The van der Waals surface area contributed by atoms with Crippen LogP contribution in [0.15, 0.2) is 66.5 Å². The molecule has 0 atom stereocenters. The van der Waals surface area contributed by atoms with Crippen LogP contribution in [0.4, 0.5) is 0 Å². The van der Waals surface area contributed by atoms with Crippen molar-refractivity contribution in [3.63, 3.8) is 0 Å². The molecule has 0 fully saturated rings. The Morgan fingerprint density at radius 2 is 1.55 bits per heavy atom. The van der Waals surface area contributed by atoms with Crippen LogP contribution in [-0.2, 0) is 0 Å². The van der Waals surface area contributed by atoms with Crippen LogP contribution in [0.3, 0.4) is 0 Å². The van der Waals surface area contributed by atoms with Crippen molar-refractivity contribution in [1.82, 2.24) is 0 Å². The third kappa shape index (κ3) is 1.75. The van der Waals surface area contributed by atoms with E-state index in [1.165, 1.54) is 6.92 Å². The number of hydrogen-bond acceptors (Lipinski definition) is 1. The fourth-order valence-electron chi connectivity index (χ4n) is 2.05. The fourth-order valence-corrected chi connectivity index (χ4v) is 2.97. The smallest absolute Gasteiger partial charge is 0.0638 e. The SMILES string of the molecule is [2H]c1c([2H])c([2H])c(-c2c([2H])c([2H])c3sc4c([2H])c([2H])c([2H])c([2H])c4c3c2[2H])c(C)c1[2H]. The summed E-state index contributed by atoms with van der Waals surface area (Å²) in [5.74, 6) is 0. The lowest BCUT2D eigenvalue weighted by atomic mass is 9.99. The predicted octanol–water partition coefficient (Wildman–Crippen LogP) is 6.03. The maximum absolute atomic E-state index is 8.79. The molecule has 0 aliphatic carbocycles. The summed E-state index contributed by atoms with van der Waals surface area (Å²) in [7, 11) is 0. The van der Waals surface area contributed by atoms with Gasteiger partial charge < -0.3 is 0 Å². The lowest BCUT2D eigenvalue weighted by Gasteiger charge is -2.05. The van der Waals surface area contributed by atoms with Gasteiger partial charge in [0.15, 0.2) is 0 Å². The highest BCUT2D eigenvalue weighted by Crippen LogP contribution is 2.36. The second kappa shape index (κ2) is 4.46. The van der Waals surface area contributed by atoms with Crippen LogP contribution >= 0.6 is 11.3 Å². The highest BCUT2D eigenvalue weighted by atomic mass is 32.1. The highest BCUT2D eigenvalue weighted by Gasteiger charge is 2.07. The van der Waals surface area contributed by atoms with Gasteiger partial charge in [0, 0.05) is 20.2 Å². The zero-order valence-electron chi connectivity index (χ0n) is 21.4. The van der Waals surface area contributed by atoms with Crippen LogP contribution in [0.1, 0.15) is 20.6 Å². The van der Waals surface area contributed by atoms with Gasteiger partial charge in [-0.2, -0.15) is 0 Å². The second-order valence-corrected chi connectivity index (χ2v) is 5.28. The van der Waals surface area contributed by atoms with E-state index in [0.717, 1.165) is 11.3 Å². The van der Waals surface area contributed by atoms with Gasteiger partial charge in [-0.1, -0.05) is 48.3 Å². The van der Waals surface area contributed by atoms with Gasteiger partial charge >= 0.3 is 0 Å². The topological polar surface area (TPSA) is 0 Å². The molecule has 0 N–H and O–H groups in total. The summed E-state index contributed by atoms with van der Waals surface area (Å²) in [6.45, 7) is 1.46. The molecule has 0 amide bonds. The number of thiophene rings is 1. The standard InChI is InChI=1S/C19H14S/c1-13-6-2-3-7-15(13)14-10-11-19-17(12-14)16-8-4-5-9-18(16)20-19/h2-12H,1H3/i2D,3D,4D,5D,6D,7D,8D,9D,10D,11D,12D. The first-order valence-corrected chi connectivity index (χ1v) is 6.72. The quantitative estimate of drug-likeness (QED) is 0.400. The molecule has 4 rings (SSSR count). The lowest BCUT2D eigenvalue weighted by Crippen LogP contribution is -1.81. The molecule has 0 bridgehead atoms. The van der Waals surface area contributed by atoms with Gasteiger partial charge in [-0.3, -0.25) is 0 Å². The van der Waals surface area contributed by atoms with Crippen LogP contribution in [0.5, 0.6) is 0 Å². The minimum absolute atomic E-state index is 0.0587. The normalized spacial score (nSPS) is 18.9. The zero-order chi connectivity index (χ0) is 23.1. The lowest BCUT2D eigenvalue weighted by molar-refractivity contribution is 1.46. The highest BCUT2D eigenvalue weighted by molar-refractivity contribution is 7.25. The Balaban J connectivity index is 2.30. The molecule has 0 aliphatic rings. The van der Waals surface area contributed by atoms with E-state index in [2.05, 4.69) is 0 Å². The summed E-state index contributed by atoms with van der Waals surface area (Å²) in [6, 6.07) is -4.25. The van der Waals surface area contributed by atoms with E-state index < -0.39 is 36.3 Å². The molecule has 0 nitrogen and oxygen atoms in total. The maximum atomic E-state index is 8.79. The molecular weight excluding hydrogens is 260 g/mol. The van der Waals surface area contributed by atoms with Crippen LogP contribution < -0.4 is 0 Å². The summed E-state index contributed by atoms with van der Waals surface area (Å²) >= 11 is 0.912. The Morgan fingerprint density at radius 3 is 2.50 bits per heavy atom. The van der Waals surface area contributed by atoms with Crippen molar-refractivity contribution in [3.8, 4) is 11.1 Å². The van der Waals surface area contributed by atoms with Crippen LogP contribution in [0.2, 0.25) is 0 Å². The first kappa shape index (κ1) is 5.01. The van der Waals surface area contributed by atoms with Crippen LogP contribution in [0, 0.1) is 6.92 Å².